The summed E-state index contributed by atoms with van der Waals surface area (Å²) in [6.07, 6.45) is 2.62. The number of fused-ring (bicyclic) bond motifs is 7. The van der Waals surface area contributed by atoms with Gasteiger partial charge >= 0.3 is 75.9 Å². The first kappa shape index (κ1) is 101. The number of hydrogen-bond acceptors (Lipinski definition) is 21. The van der Waals surface area contributed by atoms with E-state index in [2.05, 4.69) is 178 Å². The molecule has 12 aromatic carbocycles. The first-order valence-corrected chi connectivity index (χ1v) is 52.6. The van der Waals surface area contributed by atoms with E-state index in [9.17, 15) is 48.5 Å². The molecule has 0 aromatic heterocycles. The van der Waals surface area contributed by atoms with Crippen LogP contribution in [0.15, 0.2) is 288 Å². The molecule has 3 heterocycles. The second-order valence-electron chi connectivity index (χ2n) is 32.5. The minimum absolute atomic E-state index is 0.000378. The van der Waals surface area contributed by atoms with Gasteiger partial charge in [0, 0.05) is 34.7 Å². The van der Waals surface area contributed by atoms with E-state index < -0.39 is 48.3 Å². The summed E-state index contributed by atoms with van der Waals surface area (Å²) in [5.74, 6) is 6.95. The summed E-state index contributed by atoms with van der Waals surface area (Å²) in [4.78, 5) is 22.3. The number of benzene rings is 12. The van der Waals surface area contributed by atoms with Crippen molar-refractivity contribution in [3.8, 4) is 57.1 Å². The zero-order valence-corrected chi connectivity index (χ0v) is 83.3. The summed E-state index contributed by atoms with van der Waals surface area (Å²) in [7, 11) is -13.2. The van der Waals surface area contributed by atoms with Gasteiger partial charge in [0.2, 0.25) is 21.1 Å². The molecule has 21 nitrogen and oxygen atoms in total. The lowest BCUT2D eigenvalue weighted by Gasteiger charge is -2.21. The molecule has 3 atom stereocenters. The Morgan fingerprint density at radius 2 is 0.752 bits per heavy atom. The van der Waals surface area contributed by atoms with E-state index in [4.69, 9.17) is 47.4 Å². The molecule has 3 aliphatic rings. The molecule has 0 aliphatic carbocycles. The van der Waals surface area contributed by atoms with E-state index in [1.54, 1.807) is 46.8 Å². The van der Waals surface area contributed by atoms with Gasteiger partial charge in [0.25, 0.3) is 0 Å². The lowest BCUT2D eigenvalue weighted by Crippen LogP contribution is -3.62. The van der Waals surface area contributed by atoms with Crippen molar-refractivity contribution in [3.05, 3.63) is 339 Å². The molecular formula is C102H107I3O21S3. The predicted molar refractivity (Wildman–Crippen MR) is 480 cm³/mol. The van der Waals surface area contributed by atoms with Gasteiger partial charge in [-0.2, -0.15) is 0 Å². The standard InChI is InChI=1S/C18H18IO4.C17H16IO4.3C17H20O4S.C16H16IO/c1-12(2)23-18(20)22-11-21-15-7-8-17-14(10-15)9-13-5-3-4-6-16(13)19-17;1-17(2,3)22-16(19)20-11-8-9-13-15(10-11)21-14-7-5-4-6-12(14)18-13;3*1-3-13(2)15-6-4-14(5-7-15)12-21-16-8-10-17(11-9-16)22(18,19)20;1-16(2,3)18-11-8-9-15-13(10-11)12-6-4-5-7-14(12)17-15/h3-8,10,12H,9,11H2,1-2H3;4-10H,1-3H3;3*4-11,13H,3,12H2,1-2H3,(H,18,19,20);4-10H,1-3H3/q2*+1;;;;+1/p-3. The van der Waals surface area contributed by atoms with Gasteiger partial charge in [-0.15, -0.1) is 0 Å². The van der Waals surface area contributed by atoms with Crippen LogP contribution in [0, 0.1) is 21.4 Å². The predicted octanol–water partition coefficient (Wildman–Crippen LogP) is 13.9. The summed E-state index contributed by atoms with van der Waals surface area (Å²) in [6, 6.07) is 84.7. The van der Waals surface area contributed by atoms with Crippen LogP contribution >= 0.6 is 0 Å². The Morgan fingerprint density at radius 3 is 1.21 bits per heavy atom. The van der Waals surface area contributed by atoms with Gasteiger partial charge in [0.1, 0.15) is 95.9 Å². The van der Waals surface area contributed by atoms with E-state index >= 15 is 0 Å². The largest absolute Gasteiger partial charge is 0.744 e. The van der Waals surface area contributed by atoms with Crippen molar-refractivity contribution in [1.82, 2.24) is 0 Å². The van der Waals surface area contributed by atoms with Crippen LogP contribution in [-0.2, 0) is 70.8 Å². The highest BCUT2D eigenvalue weighted by Crippen LogP contribution is 2.32. The van der Waals surface area contributed by atoms with Crippen LogP contribution in [0.3, 0.4) is 0 Å². The molecule has 129 heavy (non-hydrogen) atoms. The number of halogens is 3. The number of ether oxygens (including phenoxy) is 10. The Labute approximate surface area is 790 Å². The van der Waals surface area contributed by atoms with Gasteiger partial charge in [-0.1, -0.05) is 157 Å². The number of para-hydroxylation sites is 1. The molecule has 15 rings (SSSR count). The first-order valence-electron chi connectivity index (χ1n) is 41.9. The van der Waals surface area contributed by atoms with E-state index in [1.807, 2.05) is 72.8 Å². The van der Waals surface area contributed by atoms with Crippen LogP contribution < -0.4 is 96.8 Å². The number of carbonyl (C=O) groups excluding carboxylic acids is 2. The van der Waals surface area contributed by atoms with Gasteiger partial charge in [0.05, 0.1) is 20.8 Å². The Hall–Kier alpha value is -10.1. The highest BCUT2D eigenvalue weighted by Gasteiger charge is 2.35. The highest BCUT2D eigenvalue weighted by molar-refractivity contribution is 7.86. The molecule has 0 fully saturated rings. The lowest BCUT2D eigenvalue weighted by atomic mass is 9.98. The van der Waals surface area contributed by atoms with Crippen molar-refractivity contribution in [3.63, 3.8) is 0 Å². The van der Waals surface area contributed by atoms with E-state index in [0.29, 0.717) is 66.3 Å². The fourth-order valence-electron chi connectivity index (χ4n) is 12.4. The van der Waals surface area contributed by atoms with Crippen LogP contribution in [0.4, 0.5) is 9.59 Å². The van der Waals surface area contributed by atoms with Crippen LogP contribution in [0.5, 0.6) is 46.0 Å². The molecule has 0 bridgehead atoms. The van der Waals surface area contributed by atoms with E-state index in [-0.39, 0.29) is 96.8 Å². The zero-order valence-electron chi connectivity index (χ0n) is 74.4. The molecule has 0 N–H and O–H groups in total. The number of rotatable bonds is 24. The monoisotopic (exact) mass is 2140 g/mol. The topological polar surface area (TPSA) is 298 Å². The molecule has 12 aromatic rings. The molecule has 0 saturated heterocycles. The van der Waals surface area contributed by atoms with Gasteiger partial charge < -0.3 is 61.0 Å². The summed E-state index contributed by atoms with van der Waals surface area (Å²) in [5.41, 5.74) is 11.8. The maximum absolute atomic E-state index is 11.7. The second-order valence-corrected chi connectivity index (χ2v) is 45.2. The van der Waals surface area contributed by atoms with Crippen LogP contribution in [0.25, 0.3) is 11.1 Å². The minimum atomic E-state index is -4.41. The molecule has 0 saturated carbocycles. The summed E-state index contributed by atoms with van der Waals surface area (Å²) >= 11 is -0.411. The third-order valence-electron chi connectivity index (χ3n) is 19.8. The quantitative estimate of drug-likeness (QED) is 0.0178. The molecule has 0 spiro atoms. The molecule has 0 radical (unpaired) electrons. The summed E-state index contributed by atoms with van der Waals surface area (Å²) in [6.45, 7) is 29.3. The Kier molecular flexibility index (Phi) is 36.9. The molecule has 3 unspecified atom stereocenters. The molecule has 680 valence electrons. The molecule has 27 heteroatoms. The fourth-order valence-corrected chi connectivity index (χ4v) is 21.9. The third kappa shape index (κ3) is 32.5. The SMILES string of the molecule is CC(C)(C)OC(=O)Oc1ccc2c(c1)Oc1ccccc1[I+]2.CC(C)(C)Oc1ccc2c(c1)-c1ccccc1[I+]2.CC(C)OC(=O)OCOc1ccc2c(c1)Cc1ccccc1[I+]2.CCC(C)c1ccc(COc2ccc(S(=O)(=O)[O-])cc2)cc1.CCC(C)c1ccc(COc2ccc(S(=O)(=O)[O-])cc2)cc1.CCC(C)c1ccc(COc2ccc(S(=O)(=O)[O-])cc2)cc1. The van der Waals surface area contributed by atoms with E-state index in [0.717, 1.165) is 59.6 Å². The van der Waals surface area contributed by atoms with Crippen molar-refractivity contribution >= 4 is 42.7 Å². The summed E-state index contributed by atoms with van der Waals surface area (Å²) < 4.78 is 160. The molecule has 0 amide bonds. The van der Waals surface area contributed by atoms with Crippen molar-refractivity contribution < 1.29 is 159 Å². The number of hydrogen-bond donors (Lipinski definition) is 0. The minimum Gasteiger partial charge on any atom is -0.744 e. The van der Waals surface area contributed by atoms with Gasteiger partial charge in [-0.05, 0) is 277 Å². The molecular weight excluding hydrogens is 2040 g/mol. The normalized spacial score (nSPS) is 12.8. The Morgan fingerprint density at radius 1 is 0.372 bits per heavy atom. The first-order chi connectivity index (χ1) is 61.2. The fraction of sp³-hybridized carbons (Fsp3) is 0.275. The Balaban J connectivity index is 0.000000161. The lowest BCUT2D eigenvalue weighted by molar-refractivity contribution is -0.602. The third-order valence-corrected chi connectivity index (χ3v) is 31.6. The number of carbonyl (C=O) groups is 2. The van der Waals surface area contributed by atoms with Gasteiger partial charge in [-0.3, -0.25) is 0 Å². The van der Waals surface area contributed by atoms with Crippen LogP contribution in [0.2, 0.25) is 0 Å². The van der Waals surface area contributed by atoms with Crippen LogP contribution in [-0.4, -0.2) is 75.3 Å². The smallest absolute Gasteiger partial charge is 0.514 e. The highest BCUT2D eigenvalue weighted by atomic mass is 127. The van der Waals surface area contributed by atoms with E-state index in [1.165, 1.54) is 133 Å². The van der Waals surface area contributed by atoms with Gasteiger partial charge in [-0.25, -0.2) is 34.8 Å². The maximum Gasteiger partial charge on any atom is 0.514 e. The van der Waals surface area contributed by atoms with Crippen molar-refractivity contribution in [2.24, 2.45) is 0 Å². The Bertz CT molecular complexity index is 5760. The van der Waals surface area contributed by atoms with Crippen molar-refractivity contribution in [2.45, 2.75) is 192 Å². The second kappa shape index (κ2) is 47.1. The summed E-state index contributed by atoms with van der Waals surface area (Å²) in [5, 5.41) is 0. The van der Waals surface area contributed by atoms with Crippen molar-refractivity contribution in [1.29, 1.82) is 0 Å². The van der Waals surface area contributed by atoms with Gasteiger partial charge in [0.15, 0.2) is 18.6 Å². The average Bonchev–Trinajstić information content (AvgIpc) is 1.69. The zero-order chi connectivity index (χ0) is 93.2. The average molecular weight is 2150 g/mol. The van der Waals surface area contributed by atoms with Crippen molar-refractivity contribution in [2.75, 3.05) is 6.79 Å². The molecule has 3 aliphatic heterocycles. The van der Waals surface area contributed by atoms with Crippen LogP contribution in [0.1, 0.15) is 178 Å². The maximum atomic E-state index is 11.7.